The van der Waals surface area contributed by atoms with Crippen molar-refractivity contribution >= 4 is 0 Å². The minimum Gasteiger partial charge on any atom is -0.392 e. The van der Waals surface area contributed by atoms with E-state index in [-0.39, 0.29) is 12.0 Å². The van der Waals surface area contributed by atoms with Crippen LogP contribution in [0, 0.1) is 5.92 Å². The molecule has 1 aliphatic carbocycles. The van der Waals surface area contributed by atoms with Gasteiger partial charge in [0.1, 0.15) is 0 Å². The smallest absolute Gasteiger partial charge is 0.0824 e. The van der Waals surface area contributed by atoms with E-state index in [2.05, 4.69) is 0 Å². The Kier molecular flexibility index (Phi) is 1.84. The highest BCUT2D eigenvalue weighted by molar-refractivity contribution is 5.07. The summed E-state index contributed by atoms with van der Waals surface area (Å²) in [6, 6.07) is 0. The predicted octanol–water partition coefficient (Wildman–Crippen LogP) is 0.694. The van der Waals surface area contributed by atoms with E-state index in [9.17, 15) is 10.2 Å². The Labute approximate surface area is 61.2 Å². The van der Waals surface area contributed by atoms with E-state index >= 15 is 0 Å². The maximum atomic E-state index is 9.42. The minimum absolute atomic E-state index is 0.181. The number of aliphatic hydroxyl groups is 2. The van der Waals surface area contributed by atoms with Crippen LogP contribution in [0.1, 0.15) is 20.3 Å². The first-order valence-corrected chi connectivity index (χ1v) is 3.61. The van der Waals surface area contributed by atoms with Gasteiger partial charge in [-0.25, -0.2) is 0 Å². The van der Waals surface area contributed by atoms with Gasteiger partial charge in [-0.2, -0.15) is 0 Å². The average molecular weight is 142 g/mol. The average Bonchev–Trinajstić information content (AvgIpc) is 1.79. The van der Waals surface area contributed by atoms with E-state index in [1.165, 1.54) is 0 Å². The highest BCUT2D eigenvalue weighted by Gasteiger charge is 2.28. The Morgan fingerprint density at radius 1 is 1.60 bits per heavy atom. The first-order chi connectivity index (χ1) is 4.51. The molecule has 0 saturated carbocycles. The number of aliphatic hydroxyl groups excluding tert-OH is 1. The predicted molar refractivity (Wildman–Crippen MR) is 39.6 cm³/mol. The van der Waals surface area contributed by atoms with Crippen molar-refractivity contribution in [3.63, 3.8) is 0 Å². The van der Waals surface area contributed by atoms with Gasteiger partial charge in [-0.3, -0.25) is 0 Å². The molecule has 0 unspecified atom stereocenters. The van der Waals surface area contributed by atoms with Crippen LogP contribution in [0.25, 0.3) is 0 Å². The molecule has 0 aromatic carbocycles. The molecule has 0 heterocycles. The fourth-order valence-electron chi connectivity index (χ4n) is 1.16. The minimum atomic E-state index is -0.800. The van der Waals surface area contributed by atoms with Crippen molar-refractivity contribution in [2.75, 3.05) is 0 Å². The SMILES string of the molecule is C[C@H]1C=C[C@](C)(O)C[C@H]1O. The number of hydrogen-bond donors (Lipinski definition) is 2. The van der Waals surface area contributed by atoms with Crippen molar-refractivity contribution in [3.8, 4) is 0 Å². The number of rotatable bonds is 0. The number of hydrogen-bond acceptors (Lipinski definition) is 2. The molecule has 1 aliphatic rings. The zero-order valence-electron chi connectivity index (χ0n) is 6.41. The first kappa shape index (κ1) is 7.76. The Morgan fingerprint density at radius 3 is 2.60 bits per heavy atom. The topological polar surface area (TPSA) is 40.5 Å². The Morgan fingerprint density at radius 2 is 2.20 bits per heavy atom. The van der Waals surface area contributed by atoms with E-state index < -0.39 is 5.60 Å². The summed E-state index contributed by atoms with van der Waals surface area (Å²) in [6.07, 6.45) is 3.67. The fraction of sp³-hybridized carbons (Fsp3) is 0.750. The lowest BCUT2D eigenvalue weighted by atomic mass is 9.85. The second-order valence-electron chi connectivity index (χ2n) is 3.35. The van der Waals surface area contributed by atoms with Crippen molar-refractivity contribution in [1.82, 2.24) is 0 Å². The van der Waals surface area contributed by atoms with Gasteiger partial charge in [-0.05, 0) is 6.92 Å². The Bertz CT molecular complexity index is 149. The van der Waals surface area contributed by atoms with Crippen LogP contribution in [0.3, 0.4) is 0 Å². The van der Waals surface area contributed by atoms with E-state index in [1.807, 2.05) is 13.0 Å². The fourth-order valence-corrected chi connectivity index (χ4v) is 1.16. The quantitative estimate of drug-likeness (QED) is 0.489. The summed E-state index contributed by atoms with van der Waals surface area (Å²) in [7, 11) is 0. The molecule has 0 bridgehead atoms. The summed E-state index contributed by atoms with van der Waals surface area (Å²) in [5, 5.41) is 18.7. The van der Waals surface area contributed by atoms with E-state index in [1.54, 1.807) is 13.0 Å². The highest BCUT2D eigenvalue weighted by atomic mass is 16.3. The largest absolute Gasteiger partial charge is 0.392 e. The normalized spacial score (nSPS) is 47.6. The van der Waals surface area contributed by atoms with Gasteiger partial charge < -0.3 is 10.2 Å². The molecule has 1 rings (SSSR count). The lowest BCUT2D eigenvalue weighted by Gasteiger charge is -2.29. The van der Waals surface area contributed by atoms with Crippen LogP contribution in [-0.2, 0) is 0 Å². The van der Waals surface area contributed by atoms with Gasteiger partial charge in [0.15, 0.2) is 0 Å². The second kappa shape index (κ2) is 2.36. The van der Waals surface area contributed by atoms with Crippen LogP contribution in [0.5, 0.6) is 0 Å². The zero-order valence-corrected chi connectivity index (χ0v) is 6.41. The summed E-state index contributed by atoms with van der Waals surface area (Å²) in [5.74, 6) is 0.181. The van der Waals surface area contributed by atoms with Gasteiger partial charge in [0, 0.05) is 12.3 Å². The van der Waals surface area contributed by atoms with Gasteiger partial charge in [0.25, 0.3) is 0 Å². The lowest BCUT2D eigenvalue weighted by Crippen LogP contribution is -2.34. The van der Waals surface area contributed by atoms with Crippen LogP contribution < -0.4 is 0 Å². The first-order valence-electron chi connectivity index (χ1n) is 3.61. The summed E-state index contributed by atoms with van der Waals surface area (Å²) < 4.78 is 0. The molecular weight excluding hydrogens is 128 g/mol. The Hall–Kier alpha value is -0.340. The molecule has 58 valence electrons. The zero-order chi connectivity index (χ0) is 7.78. The molecular formula is C8H14O2. The molecule has 2 N–H and O–H groups in total. The van der Waals surface area contributed by atoms with Crippen LogP contribution in [0.2, 0.25) is 0 Å². The van der Waals surface area contributed by atoms with Crippen molar-refractivity contribution in [1.29, 1.82) is 0 Å². The van der Waals surface area contributed by atoms with Crippen LogP contribution in [-0.4, -0.2) is 21.9 Å². The third-order valence-corrected chi connectivity index (χ3v) is 1.99. The molecule has 0 saturated heterocycles. The lowest BCUT2D eigenvalue weighted by molar-refractivity contribution is 0.0148. The standard InChI is InChI=1S/C8H14O2/c1-6-3-4-8(2,10)5-7(6)9/h3-4,6-7,9-10H,5H2,1-2H3/t6-,7+,8-/m0/s1. The Balaban J connectivity index is 2.69. The molecule has 0 radical (unpaired) electrons. The molecule has 2 nitrogen and oxygen atoms in total. The monoisotopic (exact) mass is 142 g/mol. The van der Waals surface area contributed by atoms with Crippen molar-refractivity contribution < 1.29 is 10.2 Å². The third kappa shape index (κ3) is 1.58. The summed E-state index contributed by atoms with van der Waals surface area (Å²) >= 11 is 0. The van der Waals surface area contributed by atoms with E-state index in [4.69, 9.17) is 0 Å². The van der Waals surface area contributed by atoms with Gasteiger partial charge in [-0.1, -0.05) is 19.1 Å². The highest BCUT2D eigenvalue weighted by Crippen LogP contribution is 2.24. The van der Waals surface area contributed by atoms with E-state index in [0.29, 0.717) is 6.42 Å². The summed E-state index contributed by atoms with van der Waals surface area (Å²) in [6.45, 7) is 3.65. The molecule has 0 amide bonds. The molecule has 0 aliphatic heterocycles. The third-order valence-electron chi connectivity index (χ3n) is 1.99. The van der Waals surface area contributed by atoms with E-state index in [0.717, 1.165) is 0 Å². The molecule has 10 heavy (non-hydrogen) atoms. The van der Waals surface area contributed by atoms with Gasteiger partial charge in [0.05, 0.1) is 11.7 Å². The van der Waals surface area contributed by atoms with Crippen molar-refractivity contribution in [2.45, 2.75) is 32.0 Å². The molecule has 3 atom stereocenters. The van der Waals surface area contributed by atoms with Crippen molar-refractivity contribution in [2.24, 2.45) is 5.92 Å². The summed E-state index contributed by atoms with van der Waals surface area (Å²) in [5.41, 5.74) is -0.800. The van der Waals surface area contributed by atoms with Gasteiger partial charge in [-0.15, -0.1) is 0 Å². The van der Waals surface area contributed by atoms with Crippen LogP contribution in [0.4, 0.5) is 0 Å². The van der Waals surface area contributed by atoms with Crippen LogP contribution in [0.15, 0.2) is 12.2 Å². The summed E-state index contributed by atoms with van der Waals surface area (Å²) in [4.78, 5) is 0. The molecule has 0 aromatic heterocycles. The molecule has 2 heteroatoms. The van der Waals surface area contributed by atoms with Crippen molar-refractivity contribution in [3.05, 3.63) is 12.2 Å². The molecule has 0 fully saturated rings. The molecule has 0 aromatic rings. The maximum Gasteiger partial charge on any atom is 0.0824 e. The second-order valence-corrected chi connectivity index (χ2v) is 3.35. The van der Waals surface area contributed by atoms with Crippen LogP contribution >= 0.6 is 0 Å². The molecule has 0 spiro atoms. The maximum absolute atomic E-state index is 9.42. The van der Waals surface area contributed by atoms with Gasteiger partial charge >= 0.3 is 0 Å². The van der Waals surface area contributed by atoms with Gasteiger partial charge in [0.2, 0.25) is 0 Å².